The molecule has 0 saturated carbocycles. The number of carbonyl (C=O) groups is 1. The molecule has 0 bridgehead atoms. The van der Waals surface area contributed by atoms with Crippen LogP contribution in [0.1, 0.15) is 12.0 Å². The maximum atomic E-state index is 12.6. The largest absolute Gasteiger partial charge is 0.361 e. The second-order valence-corrected chi connectivity index (χ2v) is 9.24. The van der Waals surface area contributed by atoms with E-state index in [0.717, 1.165) is 36.0 Å². The number of carbonyl (C=O) groups excluding carboxylic acids is 1. The zero-order valence-electron chi connectivity index (χ0n) is 14.1. The highest BCUT2D eigenvalue weighted by molar-refractivity contribution is 7.91. The van der Waals surface area contributed by atoms with E-state index < -0.39 is 9.84 Å². The van der Waals surface area contributed by atoms with E-state index in [2.05, 4.69) is 9.88 Å². The number of H-pyrrole nitrogens is 1. The minimum absolute atomic E-state index is 0.135. The topological polar surface area (TPSA) is 73.5 Å². The van der Waals surface area contributed by atoms with Gasteiger partial charge in [-0.1, -0.05) is 18.2 Å². The molecule has 2 aliphatic heterocycles. The number of fused-ring (bicyclic) bond motifs is 1. The first kappa shape index (κ1) is 16.6. The van der Waals surface area contributed by atoms with E-state index in [9.17, 15) is 13.2 Å². The molecule has 6 nitrogen and oxygen atoms in total. The quantitative estimate of drug-likeness (QED) is 0.887. The van der Waals surface area contributed by atoms with Gasteiger partial charge >= 0.3 is 0 Å². The van der Waals surface area contributed by atoms with Gasteiger partial charge in [-0.15, -0.1) is 0 Å². The molecule has 1 unspecified atom stereocenters. The molecule has 0 aliphatic carbocycles. The zero-order chi connectivity index (χ0) is 17.4. The molecule has 2 aliphatic rings. The molecule has 2 aromatic rings. The molecular weight excluding hydrogens is 338 g/mol. The molecule has 1 aromatic carbocycles. The predicted octanol–water partition coefficient (Wildman–Crippen LogP) is 1.04. The van der Waals surface area contributed by atoms with Crippen molar-refractivity contribution in [3.05, 3.63) is 36.0 Å². The summed E-state index contributed by atoms with van der Waals surface area (Å²) in [6, 6.07) is 8.15. The molecule has 3 heterocycles. The lowest BCUT2D eigenvalue weighted by molar-refractivity contribution is -0.132. The van der Waals surface area contributed by atoms with Crippen LogP contribution in [0.15, 0.2) is 30.5 Å². The number of para-hydroxylation sites is 1. The molecule has 1 atom stereocenters. The lowest BCUT2D eigenvalue weighted by Gasteiger charge is -2.37. The third kappa shape index (κ3) is 3.43. The lowest BCUT2D eigenvalue weighted by atomic mass is 10.1. The number of piperazine rings is 1. The number of aromatic amines is 1. The first-order valence-electron chi connectivity index (χ1n) is 8.79. The molecular formula is C18H23N3O3S. The van der Waals surface area contributed by atoms with E-state index in [-0.39, 0.29) is 17.7 Å². The summed E-state index contributed by atoms with van der Waals surface area (Å²) in [6.07, 6.45) is 3.05. The van der Waals surface area contributed by atoms with E-state index in [1.54, 1.807) is 0 Å². The molecule has 0 radical (unpaired) electrons. The standard InChI is InChI=1S/C18H23N3O3S/c22-18(11-14-12-19-17-4-2-1-3-16(14)17)21-8-6-20(7-9-21)15-5-10-25(23,24)13-15/h1-4,12,15,19H,5-11,13H2. The van der Waals surface area contributed by atoms with Gasteiger partial charge in [0.1, 0.15) is 0 Å². The van der Waals surface area contributed by atoms with Crippen molar-refractivity contribution >= 4 is 26.6 Å². The minimum Gasteiger partial charge on any atom is -0.361 e. The fourth-order valence-corrected chi connectivity index (χ4v) is 5.71. The Morgan fingerprint density at radius 2 is 1.92 bits per heavy atom. The van der Waals surface area contributed by atoms with Crippen molar-refractivity contribution in [1.82, 2.24) is 14.8 Å². The van der Waals surface area contributed by atoms with Crippen LogP contribution >= 0.6 is 0 Å². The second kappa shape index (κ2) is 6.46. The van der Waals surface area contributed by atoms with Crippen molar-refractivity contribution in [2.75, 3.05) is 37.7 Å². The predicted molar refractivity (Wildman–Crippen MR) is 97.2 cm³/mol. The molecule has 7 heteroatoms. The highest BCUT2D eigenvalue weighted by Gasteiger charge is 2.34. The lowest BCUT2D eigenvalue weighted by Crippen LogP contribution is -2.52. The Labute approximate surface area is 147 Å². The van der Waals surface area contributed by atoms with Gasteiger partial charge in [0.25, 0.3) is 0 Å². The monoisotopic (exact) mass is 361 g/mol. The summed E-state index contributed by atoms with van der Waals surface area (Å²) in [5.74, 6) is 0.719. The first-order valence-corrected chi connectivity index (χ1v) is 10.6. The van der Waals surface area contributed by atoms with Crippen molar-refractivity contribution in [2.24, 2.45) is 0 Å². The number of benzene rings is 1. The van der Waals surface area contributed by atoms with E-state index in [0.29, 0.717) is 25.3 Å². The van der Waals surface area contributed by atoms with Crippen LogP contribution in [0.5, 0.6) is 0 Å². The highest BCUT2D eigenvalue weighted by atomic mass is 32.2. The Morgan fingerprint density at radius 3 is 2.64 bits per heavy atom. The van der Waals surface area contributed by atoms with Gasteiger partial charge in [-0.3, -0.25) is 9.69 Å². The number of hydrogen-bond donors (Lipinski definition) is 1. The van der Waals surface area contributed by atoms with Crippen LogP contribution in [0.4, 0.5) is 0 Å². The van der Waals surface area contributed by atoms with Gasteiger partial charge in [0.05, 0.1) is 17.9 Å². The first-order chi connectivity index (χ1) is 12.0. The number of aromatic nitrogens is 1. The summed E-state index contributed by atoms with van der Waals surface area (Å²) in [5.41, 5.74) is 2.09. The van der Waals surface area contributed by atoms with Crippen molar-refractivity contribution in [3.63, 3.8) is 0 Å². The van der Waals surface area contributed by atoms with E-state index >= 15 is 0 Å². The fraction of sp³-hybridized carbons (Fsp3) is 0.500. The highest BCUT2D eigenvalue weighted by Crippen LogP contribution is 2.21. The van der Waals surface area contributed by atoms with E-state index in [4.69, 9.17) is 0 Å². The molecule has 0 spiro atoms. The van der Waals surface area contributed by atoms with Gasteiger partial charge in [-0.25, -0.2) is 8.42 Å². The van der Waals surface area contributed by atoms with E-state index in [1.165, 1.54) is 0 Å². The summed E-state index contributed by atoms with van der Waals surface area (Å²) in [6.45, 7) is 2.88. The third-order valence-corrected chi connectivity index (χ3v) is 7.16. The molecule has 2 fully saturated rings. The van der Waals surface area contributed by atoms with Crippen LogP contribution in [0.3, 0.4) is 0 Å². The summed E-state index contributed by atoms with van der Waals surface area (Å²) in [7, 11) is -2.86. The van der Waals surface area contributed by atoms with Crippen LogP contribution in [0.25, 0.3) is 10.9 Å². The Kier molecular flexibility index (Phi) is 4.29. The Balaban J connectivity index is 1.35. The summed E-state index contributed by atoms with van der Waals surface area (Å²) < 4.78 is 23.3. The Morgan fingerprint density at radius 1 is 1.16 bits per heavy atom. The summed E-state index contributed by atoms with van der Waals surface area (Å²) in [5, 5.41) is 1.10. The van der Waals surface area contributed by atoms with Gasteiger partial charge in [0.15, 0.2) is 9.84 Å². The number of nitrogens with one attached hydrogen (secondary N) is 1. The van der Waals surface area contributed by atoms with Crippen LogP contribution in [0.2, 0.25) is 0 Å². The van der Waals surface area contributed by atoms with Gasteiger partial charge in [-0.2, -0.15) is 0 Å². The van der Waals surface area contributed by atoms with Gasteiger partial charge in [0.2, 0.25) is 5.91 Å². The maximum Gasteiger partial charge on any atom is 0.227 e. The van der Waals surface area contributed by atoms with Crippen LogP contribution in [-0.4, -0.2) is 72.8 Å². The molecule has 1 N–H and O–H groups in total. The van der Waals surface area contributed by atoms with Gasteiger partial charge in [-0.05, 0) is 18.1 Å². The number of sulfone groups is 1. The molecule has 1 aromatic heterocycles. The van der Waals surface area contributed by atoms with Crippen molar-refractivity contribution in [3.8, 4) is 0 Å². The third-order valence-electron chi connectivity index (χ3n) is 5.41. The minimum atomic E-state index is -2.86. The van der Waals surface area contributed by atoms with Crippen molar-refractivity contribution in [1.29, 1.82) is 0 Å². The number of nitrogens with zero attached hydrogens (tertiary/aromatic N) is 2. The maximum absolute atomic E-state index is 12.6. The Hall–Kier alpha value is -1.86. The van der Waals surface area contributed by atoms with Crippen LogP contribution in [0, 0.1) is 0 Å². The van der Waals surface area contributed by atoms with Gasteiger partial charge < -0.3 is 9.88 Å². The molecule has 1 amide bonds. The average Bonchev–Trinajstić information content (AvgIpc) is 3.18. The second-order valence-electron chi connectivity index (χ2n) is 7.01. The number of rotatable bonds is 3. The van der Waals surface area contributed by atoms with Crippen molar-refractivity contribution < 1.29 is 13.2 Å². The molecule has 4 rings (SSSR count). The van der Waals surface area contributed by atoms with Crippen LogP contribution in [-0.2, 0) is 21.1 Å². The summed E-state index contributed by atoms with van der Waals surface area (Å²) >= 11 is 0. The van der Waals surface area contributed by atoms with Gasteiger partial charge in [0, 0.05) is 49.3 Å². The Bertz CT molecular complexity index is 882. The smallest absolute Gasteiger partial charge is 0.227 e. The molecule has 25 heavy (non-hydrogen) atoms. The van der Waals surface area contributed by atoms with E-state index in [1.807, 2.05) is 35.4 Å². The average molecular weight is 361 g/mol. The number of hydrogen-bond acceptors (Lipinski definition) is 4. The SMILES string of the molecule is O=C(Cc1c[nH]c2ccccc12)N1CCN(C2CCS(=O)(=O)C2)CC1. The molecule has 2 saturated heterocycles. The fourth-order valence-electron chi connectivity index (χ4n) is 3.95. The van der Waals surface area contributed by atoms with Crippen LogP contribution < -0.4 is 0 Å². The van der Waals surface area contributed by atoms with Crippen molar-refractivity contribution in [2.45, 2.75) is 18.9 Å². The molecule has 134 valence electrons. The summed E-state index contributed by atoms with van der Waals surface area (Å²) in [4.78, 5) is 20.0. The normalized spacial score (nSPS) is 24.0. The zero-order valence-corrected chi connectivity index (χ0v) is 15.0. The number of amides is 1.